The van der Waals surface area contributed by atoms with Gasteiger partial charge >= 0.3 is 11.9 Å². The highest BCUT2D eigenvalue weighted by atomic mass is 16.6. The first kappa shape index (κ1) is 66.0. The lowest BCUT2D eigenvalue weighted by Crippen LogP contribution is -2.28. The second kappa shape index (κ2) is 59.3. The number of esters is 2. The van der Waals surface area contributed by atoms with Crippen LogP contribution in [0.25, 0.3) is 0 Å². The summed E-state index contributed by atoms with van der Waals surface area (Å²) in [5.74, 6) is -0.614. The van der Waals surface area contributed by atoms with Gasteiger partial charge in [-0.15, -0.1) is 0 Å². The van der Waals surface area contributed by atoms with Crippen molar-refractivity contribution in [1.82, 2.24) is 0 Å². The highest BCUT2D eigenvalue weighted by Gasteiger charge is 2.16. The maximum Gasteiger partial charge on any atom is 0.306 e. The van der Waals surface area contributed by atoms with Crippen LogP contribution in [0.15, 0.2) is 134 Å². The van der Waals surface area contributed by atoms with Gasteiger partial charge in [0.25, 0.3) is 0 Å². The van der Waals surface area contributed by atoms with Crippen molar-refractivity contribution in [3.63, 3.8) is 0 Å². The minimum absolute atomic E-state index is 0.0784. The molecule has 0 radical (unpaired) electrons. The Labute approximate surface area is 432 Å². The zero-order valence-electron chi connectivity index (χ0n) is 45.2. The van der Waals surface area contributed by atoms with Gasteiger partial charge in [0, 0.05) is 12.8 Å². The average molecular weight is 968 g/mol. The van der Waals surface area contributed by atoms with Gasteiger partial charge in [-0.25, -0.2) is 0 Å². The number of ether oxygens (including phenoxy) is 2. The fourth-order valence-electron chi connectivity index (χ4n) is 7.68. The summed E-state index contributed by atoms with van der Waals surface area (Å²) in [6.45, 7) is 4.02. The molecule has 1 atom stereocenters. The van der Waals surface area contributed by atoms with Crippen LogP contribution in [0.4, 0.5) is 0 Å². The van der Waals surface area contributed by atoms with E-state index in [2.05, 4.69) is 148 Å². The van der Waals surface area contributed by atoms with E-state index in [9.17, 15) is 14.7 Å². The van der Waals surface area contributed by atoms with E-state index < -0.39 is 6.10 Å². The molecule has 0 aromatic heterocycles. The molecule has 0 heterocycles. The molecule has 5 nitrogen and oxygen atoms in total. The van der Waals surface area contributed by atoms with E-state index in [4.69, 9.17) is 9.47 Å². The molecule has 70 heavy (non-hydrogen) atoms. The van der Waals surface area contributed by atoms with E-state index in [1.807, 2.05) is 0 Å². The van der Waals surface area contributed by atoms with Crippen LogP contribution in [0.2, 0.25) is 0 Å². The van der Waals surface area contributed by atoms with E-state index >= 15 is 0 Å². The first-order chi connectivity index (χ1) is 34.6. The Morgan fingerprint density at radius 3 is 0.929 bits per heavy atom. The van der Waals surface area contributed by atoms with Crippen molar-refractivity contribution >= 4 is 11.9 Å². The van der Waals surface area contributed by atoms with Gasteiger partial charge in [0.15, 0.2) is 6.10 Å². The van der Waals surface area contributed by atoms with Crippen LogP contribution in [0, 0.1) is 0 Å². The molecule has 0 aliphatic carbocycles. The molecule has 0 amide bonds. The Hall–Kier alpha value is -3.96. The number of carbonyl (C=O) groups is 2. The van der Waals surface area contributed by atoms with Crippen LogP contribution in [0.5, 0.6) is 0 Å². The van der Waals surface area contributed by atoms with Crippen molar-refractivity contribution in [2.75, 3.05) is 13.2 Å². The van der Waals surface area contributed by atoms with Gasteiger partial charge < -0.3 is 14.6 Å². The number of rotatable bonds is 51. The maximum absolute atomic E-state index is 12.3. The number of hydrogen-bond acceptors (Lipinski definition) is 5. The van der Waals surface area contributed by atoms with Crippen LogP contribution in [0.1, 0.15) is 245 Å². The molecule has 0 saturated heterocycles. The number of hydrogen-bond donors (Lipinski definition) is 1. The van der Waals surface area contributed by atoms with Gasteiger partial charge in [-0.05, 0) is 96.3 Å². The Balaban J connectivity index is 3.64. The fraction of sp³-hybridized carbons (Fsp3) is 0.631. The second-order valence-electron chi connectivity index (χ2n) is 18.6. The average Bonchev–Trinajstić information content (AvgIpc) is 3.36. The molecule has 0 spiro atoms. The Morgan fingerprint density at radius 2 is 0.614 bits per heavy atom. The quantitative estimate of drug-likeness (QED) is 0.0374. The zero-order valence-corrected chi connectivity index (χ0v) is 45.2. The van der Waals surface area contributed by atoms with Gasteiger partial charge in [0.1, 0.15) is 6.61 Å². The molecule has 0 aliphatic heterocycles. The van der Waals surface area contributed by atoms with Gasteiger partial charge in [-0.3, -0.25) is 9.59 Å². The van der Waals surface area contributed by atoms with Crippen molar-refractivity contribution in [2.24, 2.45) is 0 Å². The van der Waals surface area contributed by atoms with Gasteiger partial charge in [-0.1, -0.05) is 270 Å². The molecule has 0 rings (SSSR count). The van der Waals surface area contributed by atoms with Crippen molar-refractivity contribution < 1.29 is 24.2 Å². The number of allylic oxidation sites excluding steroid dienone is 22. The van der Waals surface area contributed by atoms with E-state index in [0.29, 0.717) is 12.8 Å². The number of carbonyl (C=O) groups excluding carboxylic acids is 2. The van der Waals surface area contributed by atoms with E-state index in [1.165, 1.54) is 89.9 Å². The summed E-state index contributed by atoms with van der Waals surface area (Å²) >= 11 is 0. The van der Waals surface area contributed by atoms with Crippen molar-refractivity contribution in [3.05, 3.63) is 134 Å². The summed E-state index contributed by atoms with van der Waals surface area (Å²) in [4.78, 5) is 24.5. The molecule has 396 valence electrons. The Bertz CT molecular complexity index is 1470. The summed E-state index contributed by atoms with van der Waals surface area (Å²) in [7, 11) is 0. The molecule has 0 fully saturated rings. The fourth-order valence-corrected chi connectivity index (χ4v) is 7.68. The molecule has 0 bridgehead atoms. The van der Waals surface area contributed by atoms with Crippen LogP contribution in [0.3, 0.4) is 0 Å². The molecule has 0 saturated carbocycles. The molecular formula is C65H106O5. The summed E-state index contributed by atoms with van der Waals surface area (Å²) in [5, 5.41) is 9.64. The largest absolute Gasteiger partial charge is 0.462 e. The smallest absolute Gasteiger partial charge is 0.306 e. The molecule has 0 aromatic rings. The van der Waals surface area contributed by atoms with Crippen LogP contribution in [-0.4, -0.2) is 36.4 Å². The zero-order chi connectivity index (χ0) is 50.6. The second-order valence-corrected chi connectivity index (χ2v) is 18.6. The van der Waals surface area contributed by atoms with Crippen molar-refractivity contribution in [3.8, 4) is 0 Å². The summed E-state index contributed by atoms with van der Waals surface area (Å²) in [6, 6.07) is 0. The standard InChI is InChI=1S/C65H106O5/c1-3-5-7-9-11-13-15-17-19-21-22-23-24-25-26-27-28-29-30-31-32-33-34-35-36-37-38-39-40-41-42-44-46-48-50-52-54-56-58-60-65(68)70-63(61-66)62-69-64(67)59-57-55-53-51-49-47-45-43-20-18-16-14-12-10-8-6-4-2/h5,7,11,13,17,19,22-23,25-26,28-29,31-32,34-35,37-38,40-41,44,46,63,66H,3-4,6,8-10,12,14-16,18,20-21,24,27,30,33,36,39,42-43,45,47-62H2,1-2H3/b7-5-,13-11-,19-17-,23-22-,26-25-,29-28-,32-31-,35-34-,38-37-,41-40-,46-44-. The van der Waals surface area contributed by atoms with Crippen LogP contribution < -0.4 is 0 Å². The SMILES string of the molecule is CC/C=C\C/C=C\C/C=C\C/C=C\C/C=C\C/C=C\C/C=C\C/C=C\C/C=C\C/C=C\C/C=C\CCCCCCCC(=O)OC(CO)COC(=O)CCCCCCCCCCCCCCCCCCC. The monoisotopic (exact) mass is 967 g/mol. The Morgan fingerprint density at radius 1 is 0.343 bits per heavy atom. The molecule has 5 heteroatoms. The minimum atomic E-state index is -0.790. The minimum Gasteiger partial charge on any atom is -0.462 e. The Kier molecular flexibility index (Phi) is 56.0. The lowest BCUT2D eigenvalue weighted by atomic mass is 10.0. The van der Waals surface area contributed by atoms with Gasteiger partial charge in [-0.2, -0.15) is 0 Å². The molecular weight excluding hydrogens is 861 g/mol. The summed E-state index contributed by atoms with van der Waals surface area (Å²) in [5.41, 5.74) is 0. The van der Waals surface area contributed by atoms with Crippen LogP contribution in [-0.2, 0) is 19.1 Å². The highest BCUT2D eigenvalue weighted by molar-refractivity contribution is 5.70. The van der Waals surface area contributed by atoms with E-state index in [-0.39, 0.29) is 25.2 Å². The molecule has 0 aliphatic rings. The summed E-state index contributed by atoms with van der Waals surface area (Å²) < 4.78 is 10.7. The maximum atomic E-state index is 12.3. The van der Waals surface area contributed by atoms with Gasteiger partial charge in [0.2, 0.25) is 0 Å². The topological polar surface area (TPSA) is 72.8 Å². The van der Waals surface area contributed by atoms with Crippen LogP contribution >= 0.6 is 0 Å². The van der Waals surface area contributed by atoms with Crippen molar-refractivity contribution in [2.45, 2.75) is 251 Å². The predicted octanol–water partition coefficient (Wildman–Crippen LogP) is 19.6. The summed E-state index contributed by atoms with van der Waals surface area (Å²) in [6.07, 6.45) is 88.5. The van der Waals surface area contributed by atoms with E-state index in [0.717, 1.165) is 128 Å². The number of aliphatic hydroxyl groups is 1. The molecule has 1 unspecified atom stereocenters. The first-order valence-corrected chi connectivity index (χ1v) is 28.7. The normalized spacial score (nSPS) is 13.2. The number of aliphatic hydroxyl groups excluding tert-OH is 1. The number of unbranched alkanes of at least 4 members (excludes halogenated alkanes) is 21. The third kappa shape index (κ3) is 56.6. The first-order valence-electron chi connectivity index (χ1n) is 28.7. The third-order valence-corrected chi connectivity index (χ3v) is 12.0. The molecule has 0 aromatic carbocycles. The predicted molar refractivity (Wildman–Crippen MR) is 306 cm³/mol. The lowest BCUT2D eigenvalue weighted by molar-refractivity contribution is -0.161. The highest BCUT2D eigenvalue weighted by Crippen LogP contribution is 2.15. The lowest BCUT2D eigenvalue weighted by Gasteiger charge is -2.15. The van der Waals surface area contributed by atoms with Crippen molar-refractivity contribution in [1.29, 1.82) is 0 Å². The molecule has 1 N–H and O–H groups in total. The third-order valence-electron chi connectivity index (χ3n) is 12.0. The van der Waals surface area contributed by atoms with E-state index in [1.54, 1.807) is 0 Å². The van der Waals surface area contributed by atoms with Gasteiger partial charge in [0.05, 0.1) is 6.61 Å².